The Bertz CT molecular complexity index is 1140. The third-order valence-corrected chi connectivity index (χ3v) is 6.38. The minimum atomic E-state index is -0.367. The van der Waals surface area contributed by atoms with E-state index in [1.807, 2.05) is 18.2 Å². The van der Waals surface area contributed by atoms with E-state index in [-0.39, 0.29) is 23.4 Å². The van der Waals surface area contributed by atoms with E-state index in [4.69, 9.17) is 14.0 Å². The Hall–Kier alpha value is -3.34. The van der Waals surface area contributed by atoms with Crippen LogP contribution in [-0.2, 0) is 24.3 Å². The molecule has 2 aliphatic rings. The number of ether oxygens (including phenoxy) is 2. The van der Waals surface area contributed by atoms with Crippen LogP contribution in [0, 0.1) is 10.1 Å². The van der Waals surface area contributed by atoms with E-state index in [0.717, 1.165) is 42.9 Å². The van der Waals surface area contributed by atoms with Crippen molar-refractivity contribution in [1.82, 2.24) is 19.9 Å². The molecule has 3 aromatic rings. The molecule has 5 rings (SSSR count). The average molecular weight is 466 g/mol. The zero-order valence-electron chi connectivity index (χ0n) is 19.1. The van der Waals surface area contributed by atoms with E-state index >= 15 is 0 Å². The van der Waals surface area contributed by atoms with Crippen LogP contribution in [0.25, 0.3) is 0 Å². The van der Waals surface area contributed by atoms with Gasteiger partial charge in [-0.25, -0.2) is 0 Å². The lowest BCUT2D eigenvalue weighted by atomic mass is 10.1. The molecule has 178 valence electrons. The van der Waals surface area contributed by atoms with Gasteiger partial charge in [0.1, 0.15) is 5.75 Å². The molecule has 0 radical (unpaired) electrons. The van der Waals surface area contributed by atoms with E-state index in [0.29, 0.717) is 37.0 Å². The minimum absolute atomic E-state index is 0.0187. The van der Waals surface area contributed by atoms with E-state index in [2.05, 4.69) is 39.0 Å². The van der Waals surface area contributed by atoms with Gasteiger partial charge in [-0.2, -0.15) is 4.98 Å². The smallest absolute Gasteiger partial charge is 0.270 e. The van der Waals surface area contributed by atoms with Gasteiger partial charge in [0.2, 0.25) is 5.89 Å². The Kier molecular flexibility index (Phi) is 6.52. The number of non-ortho nitro benzene ring substituents is 1. The first-order valence-corrected chi connectivity index (χ1v) is 11.4. The molecule has 1 saturated heterocycles. The van der Waals surface area contributed by atoms with Crippen LogP contribution >= 0.6 is 0 Å². The number of aromatic nitrogens is 2. The largest absolute Gasteiger partial charge is 0.467 e. The number of nitro groups is 1. The summed E-state index contributed by atoms with van der Waals surface area (Å²) >= 11 is 0. The van der Waals surface area contributed by atoms with Crippen molar-refractivity contribution < 1.29 is 18.9 Å². The van der Waals surface area contributed by atoms with Crippen LogP contribution in [0.5, 0.6) is 5.75 Å². The van der Waals surface area contributed by atoms with Crippen LogP contribution in [-0.4, -0.2) is 57.8 Å². The molecule has 0 saturated carbocycles. The Labute approximate surface area is 197 Å². The van der Waals surface area contributed by atoms with Gasteiger partial charge in [-0.05, 0) is 12.5 Å². The molecule has 1 atom stereocenters. The number of piperazine rings is 1. The second kappa shape index (κ2) is 9.88. The van der Waals surface area contributed by atoms with Crippen LogP contribution in [0.15, 0.2) is 47.0 Å². The normalized spacial score (nSPS) is 17.7. The Balaban J connectivity index is 1.20. The monoisotopic (exact) mass is 465 g/mol. The second-order valence-electron chi connectivity index (χ2n) is 8.66. The minimum Gasteiger partial charge on any atom is -0.467 e. The zero-order valence-corrected chi connectivity index (χ0v) is 19.1. The Morgan fingerprint density at radius 1 is 1.15 bits per heavy atom. The maximum Gasteiger partial charge on any atom is 0.270 e. The first kappa shape index (κ1) is 22.5. The summed E-state index contributed by atoms with van der Waals surface area (Å²) in [5, 5.41) is 15.5. The van der Waals surface area contributed by atoms with E-state index in [1.165, 1.54) is 6.07 Å². The highest BCUT2D eigenvalue weighted by molar-refractivity contribution is 5.50. The van der Waals surface area contributed by atoms with Gasteiger partial charge in [0.05, 0.1) is 17.6 Å². The predicted molar refractivity (Wildman–Crippen MR) is 122 cm³/mol. The fourth-order valence-corrected chi connectivity index (χ4v) is 4.50. The Morgan fingerprint density at radius 2 is 1.94 bits per heavy atom. The molecule has 2 aromatic carbocycles. The molecule has 0 N–H and O–H groups in total. The molecule has 0 amide bonds. The fraction of sp³-hybridized carbons (Fsp3) is 0.417. The van der Waals surface area contributed by atoms with Crippen molar-refractivity contribution in [3.63, 3.8) is 0 Å². The number of rotatable bonds is 7. The number of fused-ring (bicyclic) bond motifs is 1. The topological polar surface area (TPSA) is 107 Å². The maximum absolute atomic E-state index is 11.4. The lowest BCUT2D eigenvalue weighted by molar-refractivity contribution is -0.385. The highest BCUT2D eigenvalue weighted by Crippen LogP contribution is 2.34. The molecule has 0 bridgehead atoms. The van der Waals surface area contributed by atoms with Crippen molar-refractivity contribution in [2.75, 3.05) is 33.0 Å². The summed E-state index contributed by atoms with van der Waals surface area (Å²) in [6, 6.07) is 13.3. The van der Waals surface area contributed by atoms with Gasteiger partial charge in [-0.1, -0.05) is 35.5 Å². The summed E-state index contributed by atoms with van der Waals surface area (Å²) in [6.45, 7) is 6.48. The zero-order chi connectivity index (χ0) is 23.5. The molecule has 0 spiro atoms. The van der Waals surface area contributed by atoms with Crippen LogP contribution in [0.3, 0.4) is 0 Å². The number of nitro benzene ring substituents is 1. The number of nitrogens with zero attached hydrogens (tertiary/aromatic N) is 5. The maximum atomic E-state index is 11.4. The van der Waals surface area contributed by atoms with Gasteiger partial charge >= 0.3 is 0 Å². The number of benzene rings is 2. The molecule has 2 aliphatic heterocycles. The summed E-state index contributed by atoms with van der Waals surface area (Å²) in [5.41, 5.74) is 2.77. The number of hydrogen-bond donors (Lipinski definition) is 0. The number of hydrogen-bond acceptors (Lipinski definition) is 9. The van der Waals surface area contributed by atoms with Gasteiger partial charge in [-0.3, -0.25) is 19.9 Å². The first-order valence-electron chi connectivity index (χ1n) is 11.4. The molecule has 10 heteroatoms. The average Bonchev–Trinajstić information content (AvgIpc) is 3.33. The third-order valence-electron chi connectivity index (χ3n) is 6.38. The molecule has 1 aromatic heterocycles. The lowest BCUT2D eigenvalue weighted by Gasteiger charge is -2.37. The van der Waals surface area contributed by atoms with Crippen LogP contribution in [0.4, 0.5) is 5.69 Å². The summed E-state index contributed by atoms with van der Waals surface area (Å²) in [7, 11) is 0. The van der Waals surface area contributed by atoms with Crippen LogP contribution in [0.2, 0.25) is 0 Å². The van der Waals surface area contributed by atoms with Crippen molar-refractivity contribution in [3.05, 3.63) is 81.0 Å². The van der Waals surface area contributed by atoms with E-state index in [9.17, 15) is 10.1 Å². The standard InChI is InChI=1S/C24H27N5O5/c1-17(24-25-22(26-34-24)11-18-5-3-2-4-6-18)28-9-7-27(8-10-28)14-19-12-21(29(30)31)13-20-15-32-16-33-23(19)20/h2-6,12-13,17H,7-11,14-16H2,1H3. The SMILES string of the molecule is CC(c1nc(Cc2ccccc2)no1)N1CCN(Cc2cc([N+](=O)[O-])cc3c2OCOC3)CC1. The van der Waals surface area contributed by atoms with Crippen molar-refractivity contribution in [1.29, 1.82) is 0 Å². The van der Waals surface area contributed by atoms with E-state index < -0.39 is 0 Å². The molecule has 3 heterocycles. The molecule has 0 aliphatic carbocycles. The first-order chi connectivity index (χ1) is 16.6. The summed E-state index contributed by atoms with van der Waals surface area (Å²) in [5.74, 6) is 2.02. The molecule has 34 heavy (non-hydrogen) atoms. The van der Waals surface area contributed by atoms with Crippen molar-refractivity contribution >= 4 is 5.69 Å². The highest BCUT2D eigenvalue weighted by atomic mass is 16.7. The Morgan fingerprint density at radius 3 is 2.71 bits per heavy atom. The third kappa shape index (κ3) is 4.93. The van der Waals surface area contributed by atoms with Gasteiger partial charge in [0.15, 0.2) is 12.6 Å². The summed E-state index contributed by atoms with van der Waals surface area (Å²) < 4.78 is 16.6. The molecular weight excluding hydrogens is 438 g/mol. The molecule has 10 nitrogen and oxygen atoms in total. The summed E-state index contributed by atoms with van der Waals surface area (Å²) in [6.07, 6.45) is 0.644. The van der Waals surface area contributed by atoms with Gasteiger partial charge in [0.25, 0.3) is 5.69 Å². The fourth-order valence-electron chi connectivity index (χ4n) is 4.50. The van der Waals surface area contributed by atoms with E-state index in [1.54, 1.807) is 6.07 Å². The van der Waals surface area contributed by atoms with Crippen LogP contribution in [0.1, 0.15) is 41.4 Å². The van der Waals surface area contributed by atoms with Crippen molar-refractivity contribution in [3.8, 4) is 5.75 Å². The van der Waals surface area contributed by atoms with Crippen molar-refractivity contribution in [2.45, 2.75) is 32.5 Å². The second-order valence-corrected chi connectivity index (χ2v) is 8.66. The molecule has 1 fully saturated rings. The van der Waals surface area contributed by atoms with Gasteiger partial charge < -0.3 is 14.0 Å². The van der Waals surface area contributed by atoms with Crippen LogP contribution < -0.4 is 4.74 Å². The predicted octanol–water partition coefficient (Wildman–Crippen LogP) is 3.31. The summed E-state index contributed by atoms with van der Waals surface area (Å²) in [4.78, 5) is 20.2. The van der Waals surface area contributed by atoms with Gasteiger partial charge in [-0.15, -0.1) is 0 Å². The quantitative estimate of drug-likeness (QED) is 0.384. The lowest BCUT2D eigenvalue weighted by Crippen LogP contribution is -2.46. The van der Waals surface area contributed by atoms with Gasteiger partial charge in [0, 0.05) is 62.4 Å². The molecular formula is C24H27N5O5. The highest BCUT2D eigenvalue weighted by Gasteiger charge is 2.28. The molecule has 1 unspecified atom stereocenters. The van der Waals surface area contributed by atoms with Crippen molar-refractivity contribution in [2.24, 2.45) is 0 Å².